The predicted molar refractivity (Wildman–Crippen MR) is 82.2 cm³/mol. The Labute approximate surface area is 132 Å². The van der Waals surface area contributed by atoms with Gasteiger partial charge in [0.2, 0.25) is 0 Å². The summed E-state index contributed by atoms with van der Waals surface area (Å²) >= 11 is 1.52. The molecule has 1 aliphatic rings. The highest BCUT2D eigenvalue weighted by Crippen LogP contribution is 2.32. The molecule has 1 atom stereocenters. The molecule has 1 aliphatic carbocycles. The summed E-state index contributed by atoms with van der Waals surface area (Å²) in [7, 11) is -3.99. The smallest absolute Gasteiger partial charge is 0.268 e. The Morgan fingerprint density at radius 2 is 2.23 bits per heavy atom. The molecule has 22 heavy (non-hydrogen) atoms. The first kappa shape index (κ1) is 15.1. The number of aromatic nitrogens is 2. The number of nitrogens with one attached hydrogen (secondary N) is 1. The van der Waals surface area contributed by atoms with Crippen LogP contribution in [0, 0.1) is 5.92 Å². The van der Waals surface area contributed by atoms with Crippen molar-refractivity contribution < 1.29 is 13.2 Å². The molecule has 0 saturated heterocycles. The van der Waals surface area contributed by atoms with Crippen LogP contribution in [-0.2, 0) is 22.9 Å². The maximum absolute atomic E-state index is 12.3. The van der Waals surface area contributed by atoms with E-state index in [-0.39, 0.29) is 5.03 Å². The molecule has 6 nitrogen and oxygen atoms in total. The van der Waals surface area contributed by atoms with Crippen LogP contribution in [0.4, 0.5) is 0 Å². The number of nitrogens with zero attached hydrogens (tertiary/aromatic N) is 2. The van der Waals surface area contributed by atoms with Gasteiger partial charge in [0.05, 0.1) is 11.8 Å². The molecule has 8 heteroatoms. The summed E-state index contributed by atoms with van der Waals surface area (Å²) in [6.07, 6.45) is 6.53. The van der Waals surface area contributed by atoms with Gasteiger partial charge in [0, 0.05) is 22.7 Å². The molecule has 3 rings (SSSR count). The van der Waals surface area contributed by atoms with E-state index in [0.717, 1.165) is 31.0 Å². The van der Waals surface area contributed by atoms with E-state index in [1.54, 1.807) is 5.38 Å². The molecule has 0 radical (unpaired) electrons. The second kappa shape index (κ2) is 5.77. The van der Waals surface area contributed by atoms with Crippen LogP contribution in [0.1, 0.15) is 34.1 Å². The third-order valence-corrected chi connectivity index (χ3v) is 5.95. The largest absolute Gasteiger partial charge is 0.283 e. The number of rotatable bonds is 3. The van der Waals surface area contributed by atoms with Crippen molar-refractivity contribution in [3.05, 3.63) is 40.0 Å². The van der Waals surface area contributed by atoms with Crippen molar-refractivity contribution in [2.24, 2.45) is 5.92 Å². The maximum atomic E-state index is 12.3. The fourth-order valence-electron chi connectivity index (χ4n) is 2.52. The molecule has 0 bridgehead atoms. The summed E-state index contributed by atoms with van der Waals surface area (Å²) in [5.41, 5.74) is 1.44. The van der Waals surface area contributed by atoms with E-state index in [1.807, 2.05) is 0 Å². The van der Waals surface area contributed by atoms with Gasteiger partial charge in [-0.1, -0.05) is 6.92 Å². The third kappa shape index (κ3) is 2.89. The third-order valence-electron chi connectivity index (χ3n) is 3.69. The second-order valence-corrected chi connectivity index (χ2v) is 7.97. The van der Waals surface area contributed by atoms with Gasteiger partial charge in [-0.05, 0) is 30.7 Å². The highest BCUT2D eigenvalue weighted by atomic mass is 32.2. The van der Waals surface area contributed by atoms with Crippen LogP contribution in [0.15, 0.2) is 29.0 Å². The lowest BCUT2D eigenvalue weighted by Crippen LogP contribution is -2.31. The van der Waals surface area contributed by atoms with Gasteiger partial charge in [0.25, 0.3) is 15.9 Å². The first-order chi connectivity index (χ1) is 10.5. The van der Waals surface area contributed by atoms with Crippen LogP contribution in [0.5, 0.6) is 0 Å². The van der Waals surface area contributed by atoms with Gasteiger partial charge >= 0.3 is 0 Å². The van der Waals surface area contributed by atoms with E-state index in [1.165, 1.54) is 28.6 Å². The minimum atomic E-state index is -3.99. The van der Waals surface area contributed by atoms with E-state index in [2.05, 4.69) is 21.6 Å². The summed E-state index contributed by atoms with van der Waals surface area (Å²) in [5, 5.41) is 1.48. The van der Waals surface area contributed by atoms with E-state index >= 15 is 0 Å². The normalized spacial score (nSPS) is 17.8. The predicted octanol–water partition coefficient (Wildman–Crippen LogP) is 1.78. The number of hydrogen-bond donors (Lipinski definition) is 1. The zero-order chi connectivity index (χ0) is 15.7. The average molecular weight is 337 g/mol. The standard InChI is InChI=1S/C14H15N3O3S2/c1-9-2-3-10-11(8-21-12(10)6-9)14(18)17-22(19,20)13-7-15-4-5-16-13/h4-5,7-9H,2-3,6H2,1H3,(H,17,18). The Hall–Kier alpha value is -1.80. The molecule has 2 aromatic rings. The number of carbonyl (C=O) groups is 1. The van der Waals surface area contributed by atoms with Gasteiger partial charge in [0.1, 0.15) is 0 Å². The van der Waals surface area contributed by atoms with Gasteiger partial charge in [0.15, 0.2) is 5.03 Å². The quantitative estimate of drug-likeness (QED) is 0.922. The van der Waals surface area contributed by atoms with Gasteiger partial charge in [-0.3, -0.25) is 9.78 Å². The fraction of sp³-hybridized carbons (Fsp3) is 0.357. The van der Waals surface area contributed by atoms with E-state index in [9.17, 15) is 13.2 Å². The Kier molecular flexibility index (Phi) is 3.96. The zero-order valence-electron chi connectivity index (χ0n) is 11.9. The molecule has 2 heterocycles. The SMILES string of the molecule is CC1CCc2c(C(=O)NS(=O)(=O)c3cnccn3)csc2C1. The highest BCUT2D eigenvalue weighted by molar-refractivity contribution is 7.90. The number of carbonyl (C=O) groups excluding carboxylic acids is 1. The van der Waals surface area contributed by atoms with Gasteiger partial charge < -0.3 is 0 Å². The van der Waals surface area contributed by atoms with Crippen molar-refractivity contribution in [3.8, 4) is 0 Å². The van der Waals surface area contributed by atoms with E-state index < -0.39 is 15.9 Å². The highest BCUT2D eigenvalue weighted by Gasteiger charge is 2.26. The molecule has 0 aromatic carbocycles. The Bertz CT molecular complexity index is 800. The Morgan fingerprint density at radius 3 is 2.95 bits per heavy atom. The first-order valence-corrected chi connectivity index (χ1v) is 9.26. The van der Waals surface area contributed by atoms with Crippen molar-refractivity contribution in [1.29, 1.82) is 0 Å². The van der Waals surface area contributed by atoms with Crippen LogP contribution in [0.2, 0.25) is 0 Å². The summed E-state index contributed by atoms with van der Waals surface area (Å²) in [6.45, 7) is 2.18. The van der Waals surface area contributed by atoms with Gasteiger partial charge in [-0.25, -0.2) is 9.71 Å². The van der Waals surface area contributed by atoms with Crippen molar-refractivity contribution in [1.82, 2.24) is 14.7 Å². The van der Waals surface area contributed by atoms with E-state index in [0.29, 0.717) is 11.5 Å². The minimum Gasteiger partial charge on any atom is -0.268 e. The molecular weight excluding hydrogens is 322 g/mol. The summed E-state index contributed by atoms with van der Waals surface area (Å²) in [6, 6.07) is 0. The molecule has 0 spiro atoms. The lowest BCUT2D eigenvalue weighted by Gasteiger charge is -2.18. The van der Waals surface area contributed by atoms with Crippen LogP contribution < -0.4 is 4.72 Å². The lowest BCUT2D eigenvalue weighted by molar-refractivity contribution is 0.0980. The number of hydrogen-bond acceptors (Lipinski definition) is 6. The number of fused-ring (bicyclic) bond motifs is 1. The monoisotopic (exact) mass is 337 g/mol. The minimum absolute atomic E-state index is 0.263. The molecule has 1 unspecified atom stereocenters. The number of sulfonamides is 1. The molecule has 0 aliphatic heterocycles. The molecule has 1 amide bonds. The fourth-order valence-corrected chi connectivity index (χ4v) is 4.62. The van der Waals surface area contributed by atoms with Crippen LogP contribution in [0.3, 0.4) is 0 Å². The number of amides is 1. The summed E-state index contributed by atoms with van der Waals surface area (Å²) < 4.78 is 26.3. The molecule has 1 N–H and O–H groups in total. The van der Waals surface area contributed by atoms with Crippen molar-refractivity contribution in [2.45, 2.75) is 31.2 Å². The topological polar surface area (TPSA) is 89.0 Å². The summed E-state index contributed by atoms with van der Waals surface area (Å²) in [5.74, 6) is 0.00286. The van der Waals surface area contributed by atoms with Crippen LogP contribution in [0.25, 0.3) is 0 Å². The second-order valence-electron chi connectivity index (χ2n) is 5.38. The van der Waals surface area contributed by atoms with Crippen LogP contribution in [-0.4, -0.2) is 24.3 Å². The van der Waals surface area contributed by atoms with Gasteiger partial charge in [-0.2, -0.15) is 8.42 Å². The first-order valence-electron chi connectivity index (χ1n) is 6.90. The van der Waals surface area contributed by atoms with Gasteiger partial charge in [-0.15, -0.1) is 11.3 Å². The summed E-state index contributed by atoms with van der Waals surface area (Å²) in [4.78, 5) is 20.9. The number of thiophene rings is 1. The molecule has 0 saturated carbocycles. The molecular formula is C14H15N3O3S2. The van der Waals surface area contributed by atoms with E-state index in [4.69, 9.17) is 0 Å². The Balaban J connectivity index is 1.84. The molecule has 2 aromatic heterocycles. The van der Waals surface area contributed by atoms with Crippen LogP contribution >= 0.6 is 11.3 Å². The van der Waals surface area contributed by atoms with Crippen molar-refractivity contribution in [2.75, 3.05) is 0 Å². The van der Waals surface area contributed by atoms with Crippen molar-refractivity contribution in [3.63, 3.8) is 0 Å². The molecule has 116 valence electrons. The average Bonchev–Trinajstić information content (AvgIpc) is 2.90. The lowest BCUT2D eigenvalue weighted by atomic mass is 9.88. The van der Waals surface area contributed by atoms with Crippen molar-refractivity contribution >= 4 is 27.3 Å². The molecule has 0 fully saturated rings. The zero-order valence-corrected chi connectivity index (χ0v) is 13.6. The Morgan fingerprint density at radius 1 is 1.41 bits per heavy atom. The maximum Gasteiger partial charge on any atom is 0.283 e.